The van der Waals surface area contributed by atoms with E-state index < -0.39 is 20.0 Å². The van der Waals surface area contributed by atoms with Crippen molar-refractivity contribution in [2.45, 2.75) is 36.0 Å². The summed E-state index contributed by atoms with van der Waals surface area (Å²) in [6.07, 6.45) is 2.77. The van der Waals surface area contributed by atoms with Crippen molar-refractivity contribution in [2.75, 3.05) is 13.6 Å². The van der Waals surface area contributed by atoms with Crippen LogP contribution in [0.2, 0.25) is 0 Å². The molecule has 0 amide bonds. The molecule has 0 aromatic heterocycles. The van der Waals surface area contributed by atoms with Crippen LogP contribution in [-0.2, 0) is 20.0 Å². The van der Waals surface area contributed by atoms with E-state index in [-0.39, 0.29) is 9.79 Å². The molecule has 6 nitrogen and oxygen atoms in total. The molecule has 0 saturated carbocycles. The van der Waals surface area contributed by atoms with Crippen LogP contribution in [0, 0.1) is 0 Å². The maximum Gasteiger partial charge on any atom is 0.242 e. The first-order valence-electron chi connectivity index (χ1n) is 6.29. The van der Waals surface area contributed by atoms with Crippen molar-refractivity contribution in [3.63, 3.8) is 0 Å². The lowest BCUT2D eigenvalue weighted by Gasteiger charge is -2.17. The van der Waals surface area contributed by atoms with Crippen LogP contribution in [0.25, 0.3) is 0 Å². The molecule has 20 heavy (non-hydrogen) atoms. The number of nitrogens with zero attached hydrogens (tertiary/aromatic N) is 1. The molecule has 0 bridgehead atoms. The molecule has 0 aliphatic rings. The topological polar surface area (TPSA) is 97.5 Å². The Bertz CT molecular complexity index is 637. The largest absolute Gasteiger partial charge is 0.242 e. The van der Waals surface area contributed by atoms with Crippen LogP contribution in [0.5, 0.6) is 0 Å². The molecule has 8 heteroatoms. The Labute approximate surface area is 120 Å². The predicted molar refractivity (Wildman–Crippen MR) is 77.2 cm³/mol. The van der Waals surface area contributed by atoms with Gasteiger partial charge in [-0.3, -0.25) is 0 Å². The van der Waals surface area contributed by atoms with Gasteiger partial charge in [0.2, 0.25) is 20.0 Å². The lowest BCUT2D eigenvalue weighted by Crippen LogP contribution is -2.28. The van der Waals surface area contributed by atoms with E-state index in [1.165, 1.54) is 35.6 Å². The SMILES string of the molecule is CCCCCN(C)S(=O)(=O)c1ccc(S(N)(=O)=O)cc1. The van der Waals surface area contributed by atoms with Crippen LogP contribution in [0.15, 0.2) is 34.1 Å². The third kappa shape index (κ3) is 4.27. The molecule has 0 atom stereocenters. The van der Waals surface area contributed by atoms with Crippen LogP contribution < -0.4 is 5.14 Å². The first kappa shape index (κ1) is 17.1. The highest BCUT2D eigenvalue weighted by molar-refractivity contribution is 7.89. The highest BCUT2D eigenvalue weighted by Gasteiger charge is 2.20. The molecule has 1 aromatic rings. The second-order valence-electron chi connectivity index (χ2n) is 4.55. The predicted octanol–water partition coefficient (Wildman–Crippen LogP) is 1.14. The van der Waals surface area contributed by atoms with Gasteiger partial charge in [0, 0.05) is 13.6 Å². The van der Waals surface area contributed by atoms with E-state index in [0.717, 1.165) is 19.3 Å². The number of rotatable bonds is 7. The summed E-state index contributed by atoms with van der Waals surface area (Å²) in [5.41, 5.74) is 0. The van der Waals surface area contributed by atoms with E-state index in [0.29, 0.717) is 6.54 Å². The number of sulfonamides is 2. The number of hydrogen-bond donors (Lipinski definition) is 1. The fourth-order valence-electron chi connectivity index (χ4n) is 1.69. The third-order valence-electron chi connectivity index (χ3n) is 2.94. The summed E-state index contributed by atoms with van der Waals surface area (Å²) in [6.45, 7) is 2.48. The molecule has 0 aliphatic carbocycles. The fraction of sp³-hybridized carbons (Fsp3) is 0.500. The van der Waals surface area contributed by atoms with Gasteiger partial charge in [-0.25, -0.2) is 26.3 Å². The van der Waals surface area contributed by atoms with E-state index in [2.05, 4.69) is 0 Å². The van der Waals surface area contributed by atoms with Gasteiger partial charge in [-0.1, -0.05) is 19.8 Å². The smallest absolute Gasteiger partial charge is 0.225 e. The summed E-state index contributed by atoms with van der Waals surface area (Å²) in [6, 6.07) is 4.90. The molecule has 0 heterocycles. The van der Waals surface area contributed by atoms with Crippen molar-refractivity contribution >= 4 is 20.0 Å². The molecule has 1 aromatic carbocycles. The summed E-state index contributed by atoms with van der Waals surface area (Å²) in [5.74, 6) is 0. The van der Waals surface area contributed by atoms with Crippen LogP contribution in [0.1, 0.15) is 26.2 Å². The fourth-order valence-corrected chi connectivity index (χ4v) is 3.41. The van der Waals surface area contributed by atoms with E-state index in [1.54, 1.807) is 0 Å². The van der Waals surface area contributed by atoms with Gasteiger partial charge in [0.25, 0.3) is 0 Å². The Morgan fingerprint density at radius 3 is 1.95 bits per heavy atom. The van der Waals surface area contributed by atoms with Gasteiger partial charge in [-0.05, 0) is 30.7 Å². The van der Waals surface area contributed by atoms with Crippen LogP contribution in [0.4, 0.5) is 0 Å². The highest BCUT2D eigenvalue weighted by atomic mass is 32.2. The van der Waals surface area contributed by atoms with E-state index in [9.17, 15) is 16.8 Å². The number of primary sulfonamides is 1. The van der Waals surface area contributed by atoms with Crippen LogP contribution in [-0.4, -0.2) is 34.7 Å². The lowest BCUT2D eigenvalue weighted by atomic mass is 10.2. The molecule has 0 spiro atoms. The normalized spacial score (nSPS) is 12.8. The van der Waals surface area contributed by atoms with Crippen LogP contribution >= 0.6 is 0 Å². The molecule has 0 unspecified atom stereocenters. The van der Waals surface area contributed by atoms with Crippen molar-refractivity contribution in [3.05, 3.63) is 24.3 Å². The Hall–Kier alpha value is -0.960. The molecule has 0 radical (unpaired) electrons. The van der Waals surface area contributed by atoms with E-state index in [4.69, 9.17) is 5.14 Å². The van der Waals surface area contributed by atoms with Gasteiger partial charge < -0.3 is 0 Å². The first-order valence-corrected chi connectivity index (χ1v) is 9.27. The second kappa shape index (κ2) is 6.66. The first-order chi connectivity index (χ1) is 9.19. The minimum Gasteiger partial charge on any atom is -0.225 e. The summed E-state index contributed by atoms with van der Waals surface area (Å²) >= 11 is 0. The van der Waals surface area contributed by atoms with Crippen molar-refractivity contribution in [1.82, 2.24) is 4.31 Å². The van der Waals surface area contributed by atoms with Gasteiger partial charge in [-0.2, -0.15) is 0 Å². The van der Waals surface area contributed by atoms with Gasteiger partial charge in [0.1, 0.15) is 0 Å². The molecule has 0 saturated heterocycles. The van der Waals surface area contributed by atoms with E-state index >= 15 is 0 Å². The van der Waals surface area contributed by atoms with Crippen molar-refractivity contribution in [3.8, 4) is 0 Å². The number of unbranched alkanes of at least 4 members (excludes halogenated alkanes) is 2. The second-order valence-corrected chi connectivity index (χ2v) is 8.16. The maximum absolute atomic E-state index is 12.2. The zero-order chi connectivity index (χ0) is 15.4. The number of nitrogens with two attached hydrogens (primary N) is 1. The van der Waals surface area contributed by atoms with Crippen molar-refractivity contribution in [2.24, 2.45) is 5.14 Å². The molecule has 2 N–H and O–H groups in total. The van der Waals surface area contributed by atoms with Gasteiger partial charge in [0.05, 0.1) is 9.79 Å². The quantitative estimate of drug-likeness (QED) is 0.762. The van der Waals surface area contributed by atoms with Crippen LogP contribution in [0.3, 0.4) is 0 Å². The standard InChI is InChI=1S/C12H20N2O4S2/c1-3-4-5-10-14(2)20(17,18)12-8-6-11(7-9-12)19(13,15)16/h6-9H,3-5,10H2,1-2H3,(H2,13,15,16). The molecule has 114 valence electrons. The van der Waals surface area contributed by atoms with E-state index in [1.807, 2.05) is 6.92 Å². The minimum absolute atomic E-state index is 0.0592. The lowest BCUT2D eigenvalue weighted by molar-refractivity contribution is 0.454. The monoisotopic (exact) mass is 320 g/mol. The molecule has 0 aliphatic heterocycles. The number of benzene rings is 1. The van der Waals surface area contributed by atoms with Gasteiger partial charge in [0.15, 0.2) is 0 Å². The summed E-state index contributed by atoms with van der Waals surface area (Å²) in [4.78, 5) is -0.0472. The minimum atomic E-state index is -3.81. The van der Waals surface area contributed by atoms with Crippen molar-refractivity contribution < 1.29 is 16.8 Å². The Balaban J connectivity index is 2.93. The average Bonchev–Trinajstić information content (AvgIpc) is 2.38. The zero-order valence-corrected chi connectivity index (χ0v) is 13.2. The van der Waals surface area contributed by atoms with Gasteiger partial charge in [-0.15, -0.1) is 0 Å². The molecular weight excluding hydrogens is 300 g/mol. The maximum atomic E-state index is 12.2. The Kier molecular flexibility index (Phi) is 5.69. The summed E-state index contributed by atoms with van der Waals surface area (Å²) in [5, 5.41) is 4.97. The zero-order valence-electron chi connectivity index (χ0n) is 11.6. The number of hydrogen-bond acceptors (Lipinski definition) is 4. The Morgan fingerprint density at radius 2 is 1.50 bits per heavy atom. The highest BCUT2D eigenvalue weighted by Crippen LogP contribution is 2.17. The average molecular weight is 320 g/mol. The molecule has 1 rings (SSSR count). The Morgan fingerprint density at radius 1 is 1.00 bits per heavy atom. The summed E-state index contributed by atoms with van der Waals surface area (Å²) < 4.78 is 48.0. The molecule has 0 fully saturated rings. The summed E-state index contributed by atoms with van der Waals surface area (Å²) in [7, 11) is -5.88. The molecular formula is C12H20N2O4S2. The van der Waals surface area contributed by atoms with Crippen molar-refractivity contribution in [1.29, 1.82) is 0 Å². The third-order valence-corrected chi connectivity index (χ3v) is 5.74. The van der Waals surface area contributed by atoms with Gasteiger partial charge >= 0.3 is 0 Å².